The van der Waals surface area contributed by atoms with Crippen LogP contribution < -0.4 is 10.5 Å². The van der Waals surface area contributed by atoms with Crippen LogP contribution in [-0.4, -0.2) is 29.1 Å². The highest BCUT2D eigenvalue weighted by atomic mass is 32.2. The summed E-state index contributed by atoms with van der Waals surface area (Å²) >= 11 is 1.63. The van der Waals surface area contributed by atoms with Crippen LogP contribution in [0.25, 0.3) is 0 Å². The lowest BCUT2D eigenvalue weighted by molar-refractivity contribution is -0.134. The van der Waals surface area contributed by atoms with Gasteiger partial charge in [0.15, 0.2) is 4.87 Å². The summed E-state index contributed by atoms with van der Waals surface area (Å²) < 4.78 is 5.99. The summed E-state index contributed by atoms with van der Waals surface area (Å²) in [6, 6.07) is 17.9. The number of hydrazone groups is 1. The molecule has 1 spiro atoms. The molecule has 0 bridgehead atoms. The van der Waals surface area contributed by atoms with Crippen molar-refractivity contribution in [2.45, 2.75) is 18.2 Å². The van der Waals surface area contributed by atoms with Crippen LogP contribution in [0.3, 0.4) is 0 Å². The average Bonchev–Trinajstić information content (AvgIpc) is 3.07. The number of carbonyl (C=O) groups excluding carboxylic acids is 1. The molecule has 5 nitrogen and oxygen atoms in total. The Bertz CT molecular complexity index is 855. The summed E-state index contributed by atoms with van der Waals surface area (Å²) in [6.07, 6.45) is 0.753. The summed E-state index contributed by atoms with van der Waals surface area (Å²) in [5.74, 6) is 0.785. The average molecular weight is 367 g/mol. The van der Waals surface area contributed by atoms with E-state index >= 15 is 0 Å². The van der Waals surface area contributed by atoms with E-state index in [-0.39, 0.29) is 11.8 Å². The van der Waals surface area contributed by atoms with Crippen molar-refractivity contribution in [2.24, 2.45) is 16.8 Å². The molecule has 0 radical (unpaired) electrons. The minimum absolute atomic E-state index is 0.0567. The van der Waals surface area contributed by atoms with Gasteiger partial charge >= 0.3 is 0 Å². The van der Waals surface area contributed by atoms with Crippen LogP contribution in [0.4, 0.5) is 0 Å². The number of rotatable bonds is 3. The minimum Gasteiger partial charge on any atom is -0.493 e. The van der Waals surface area contributed by atoms with E-state index in [0.29, 0.717) is 13.2 Å². The number of thioether (sulfide) groups is 1. The molecule has 2 aliphatic heterocycles. The third kappa shape index (κ3) is 2.61. The van der Waals surface area contributed by atoms with Gasteiger partial charge in [0.25, 0.3) is 0 Å². The van der Waals surface area contributed by atoms with Gasteiger partial charge < -0.3 is 10.5 Å². The molecular weight excluding hydrogens is 346 g/mol. The molecule has 0 saturated heterocycles. The zero-order valence-corrected chi connectivity index (χ0v) is 15.4. The van der Waals surface area contributed by atoms with Gasteiger partial charge in [-0.1, -0.05) is 60.3 Å². The zero-order valence-electron chi connectivity index (χ0n) is 14.6. The maximum absolute atomic E-state index is 12.6. The molecule has 2 aromatic rings. The molecule has 2 aromatic carbocycles. The summed E-state index contributed by atoms with van der Waals surface area (Å²) in [5, 5.41) is 7.22. The number of nitrogens with zero attached hydrogens (tertiary/aromatic N) is 2. The zero-order chi connectivity index (χ0) is 18.1. The van der Waals surface area contributed by atoms with E-state index in [1.807, 2.05) is 54.6 Å². The first-order valence-electron chi connectivity index (χ1n) is 8.73. The predicted octanol–water partition coefficient (Wildman–Crippen LogP) is 3.15. The minimum atomic E-state index is -0.620. The first-order chi connectivity index (χ1) is 12.7. The number of hydrogen-bond acceptors (Lipinski definition) is 5. The number of ether oxygens (including phenoxy) is 1. The fourth-order valence-corrected chi connectivity index (χ4v) is 5.25. The van der Waals surface area contributed by atoms with E-state index in [1.165, 1.54) is 0 Å². The Labute approximate surface area is 157 Å². The molecule has 1 amide bonds. The molecule has 2 aliphatic rings. The van der Waals surface area contributed by atoms with Gasteiger partial charge in [-0.05, 0) is 19.0 Å². The van der Waals surface area contributed by atoms with Gasteiger partial charge in [-0.2, -0.15) is 5.10 Å². The fraction of sp³-hybridized carbons (Fsp3) is 0.300. The number of benzene rings is 2. The molecule has 4 rings (SSSR count). The van der Waals surface area contributed by atoms with E-state index in [4.69, 9.17) is 15.6 Å². The third-order valence-corrected chi connectivity index (χ3v) is 6.41. The molecule has 0 aromatic heterocycles. The van der Waals surface area contributed by atoms with E-state index in [1.54, 1.807) is 23.7 Å². The molecule has 0 saturated carbocycles. The number of para-hydroxylation sites is 1. The Kier molecular flexibility index (Phi) is 4.46. The smallest absolute Gasteiger partial charge is 0.241 e. The van der Waals surface area contributed by atoms with E-state index in [0.717, 1.165) is 28.3 Å². The first kappa shape index (κ1) is 17.1. The molecule has 0 fully saturated rings. The molecule has 26 heavy (non-hydrogen) atoms. The normalized spacial score (nSPS) is 24.2. The monoisotopic (exact) mass is 367 g/mol. The number of nitrogens with two attached hydrogens (primary N) is 1. The predicted molar refractivity (Wildman–Crippen MR) is 104 cm³/mol. The van der Waals surface area contributed by atoms with Crippen molar-refractivity contribution in [2.75, 3.05) is 13.2 Å². The van der Waals surface area contributed by atoms with E-state index < -0.39 is 4.87 Å². The van der Waals surface area contributed by atoms with Crippen molar-refractivity contribution in [3.8, 4) is 5.75 Å². The lowest BCUT2D eigenvalue weighted by atomic mass is 9.86. The molecule has 0 unspecified atom stereocenters. The maximum atomic E-state index is 12.6. The maximum Gasteiger partial charge on any atom is 0.241 e. The van der Waals surface area contributed by atoms with E-state index in [9.17, 15) is 4.79 Å². The highest BCUT2D eigenvalue weighted by Gasteiger charge is 2.56. The summed E-state index contributed by atoms with van der Waals surface area (Å²) in [5.41, 5.74) is 7.89. The van der Waals surface area contributed by atoms with Crippen molar-refractivity contribution in [1.82, 2.24) is 5.01 Å². The lowest BCUT2D eigenvalue weighted by Gasteiger charge is -2.45. The molecule has 2 N–H and O–H groups in total. The third-order valence-electron chi connectivity index (χ3n) is 4.86. The molecule has 6 heteroatoms. The largest absolute Gasteiger partial charge is 0.493 e. The first-order valence-corrected chi connectivity index (χ1v) is 9.54. The second kappa shape index (κ2) is 6.78. The van der Waals surface area contributed by atoms with Crippen molar-refractivity contribution in [3.63, 3.8) is 0 Å². The van der Waals surface area contributed by atoms with Crippen LogP contribution in [0.15, 0.2) is 59.7 Å². The van der Waals surface area contributed by atoms with Gasteiger partial charge in [0.1, 0.15) is 10.8 Å². The van der Waals surface area contributed by atoms with Gasteiger partial charge in [0, 0.05) is 24.0 Å². The molecule has 2 atom stereocenters. The Balaban J connectivity index is 1.87. The quantitative estimate of drug-likeness (QED) is 0.905. The van der Waals surface area contributed by atoms with Crippen molar-refractivity contribution in [1.29, 1.82) is 0 Å². The Morgan fingerprint density at radius 3 is 2.73 bits per heavy atom. The standard InChI is InChI=1S/C20H21N3O2S/c1-14(24)23-20(26-19(22-23)15-7-3-2-4-8-15)16(11-12-21)13-25-18-10-6-5-9-17(18)20/h2-10,16H,11-13,21H2,1H3/t16-,20-/m0/s1. The highest BCUT2D eigenvalue weighted by Crippen LogP contribution is 2.57. The molecule has 134 valence electrons. The number of amides is 1. The van der Waals surface area contributed by atoms with Gasteiger partial charge in [0.05, 0.1) is 6.61 Å². The van der Waals surface area contributed by atoms with Gasteiger partial charge in [0.2, 0.25) is 5.91 Å². The highest BCUT2D eigenvalue weighted by molar-refractivity contribution is 8.15. The van der Waals surface area contributed by atoms with Crippen molar-refractivity contribution >= 4 is 22.7 Å². The van der Waals surface area contributed by atoms with Crippen molar-refractivity contribution < 1.29 is 9.53 Å². The summed E-state index contributed by atoms with van der Waals surface area (Å²) in [4.78, 5) is 12.0. The topological polar surface area (TPSA) is 67.9 Å². The number of hydrogen-bond donors (Lipinski definition) is 1. The van der Waals surface area contributed by atoms with Crippen LogP contribution in [0.1, 0.15) is 24.5 Å². The SMILES string of the molecule is CC(=O)N1N=C(c2ccccc2)S[C@@]12c1ccccc1OC[C@@H]2CCN. The van der Waals surface area contributed by atoms with Crippen LogP contribution in [0, 0.1) is 5.92 Å². The lowest BCUT2D eigenvalue weighted by Crippen LogP contribution is -2.51. The summed E-state index contributed by atoms with van der Waals surface area (Å²) in [7, 11) is 0. The summed E-state index contributed by atoms with van der Waals surface area (Å²) in [6.45, 7) is 2.62. The molecular formula is C20H21N3O2S. The van der Waals surface area contributed by atoms with Crippen molar-refractivity contribution in [3.05, 3.63) is 65.7 Å². The van der Waals surface area contributed by atoms with Gasteiger partial charge in [-0.15, -0.1) is 0 Å². The molecule has 0 aliphatic carbocycles. The number of fused-ring (bicyclic) bond motifs is 2. The van der Waals surface area contributed by atoms with Crippen LogP contribution >= 0.6 is 11.8 Å². The Morgan fingerprint density at radius 2 is 2.00 bits per heavy atom. The second-order valence-corrected chi connectivity index (χ2v) is 7.70. The fourth-order valence-electron chi connectivity index (χ4n) is 3.70. The van der Waals surface area contributed by atoms with Crippen LogP contribution in [0.5, 0.6) is 5.75 Å². The number of carbonyl (C=O) groups is 1. The van der Waals surface area contributed by atoms with Gasteiger partial charge in [-0.25, -0.2) is 5.01 Å². The Hall–Kier alpha value is -2.31. The second-order valence-electron chi connectivity index (χ2n) is 6.48. The van der Waals surface area contributed by atoms with Gasteiger partial charge in [-0.3, -0.25) is 4.79 Å². The van der Waals surface area contributed by atoms with Crippen LogP contribution in [-0.2, 0) is 9.67 Å². The Morgan fingerprint density at radius 1 is 1.27 bits per heavy atom. The van der Waals surface area contributed by atoms with Crippen LogP contribution in [0.2, 0.25) is 0 Å². The molecule has 2 heterocycles. The van der Waals surface area contributed by atoms with E-state index in [2.05, 4.69) is 0 Å².